The van der Waals surface area contributed by atoms with E-state index in [-0.39, 0.29) is 0 Å². The second-order valence-electron chi connectivity index (χ2n) is 6.64. The molecule has 2 heteroatoms. The second kappa shape index (κ2) is 7.06. The maximum atomic E-state index is 6.23. The highest BCUT2D eigenvalue weighted by Crippen LogP contribution is 2.33. The fraction of sp³-hybridized carbons (Fsp3) is 0.368. The molecule has 2 rings (SSSR count). The fourth-order valence-electron chi connectivity index (χ4n) is 2.56. The van der Waals surface area contributed by atoms with E-state index in [0.29, 0.717) is 11.8 Å². The Morgan fingerprint density at radius 2 is 1.29 bits per heavy atom. The van der Waals surface area contributed by atoms with Crippen LogP contribution in [0, 0.1) is 0 Å². The molecule has 0 amide bonds. The summed E-state index contributed by atoms with van der Waals surface area (Å²) in [5.41, 5.74) is 2.75. The van der Waals surface area contributed by atoms with E-state index in [0.717, 1.165) is 6.61 Å². The topological polar surface area (TPSA) is 9.23 Å². The minimum Gasteiger partial charge on any atom is -0.417 e. The van der Waals surface area contributed by atoms with E-state index >= 15 is 0 Å². The molecule has 0 spiro atoms. The lowest BCUT2D eigenvalue weighted by Crippen LogP contribution is -2.29. The summed E-state index contributed by atoms with van der Waals surface area (Å²) in [6.45, 7) is 9.86. The molecular weight excluding hydrogens is 272 g/mol. The van der Waals surface area contributed by atoms with Gasteiger partial charge in [0, 0.05) is 12.5 Å². The molecule has 0 N–H and O–H groups in total. The van der Waals surface area contributed by atoms with Gasteiger partial charge in [-0.25, -0.2) is 0 Å². The van der Waals surface area contributed by atoms with Gasteiger partial charge in [0.1, 0.15) is 0 Å². The molecule has 0 aromatic heterocycles. The minimum atomic E-state index is -1.50. The second-order valence-corrected chi connectivity index (χ2v) is 11.2. The number of hydrogen-bond donors (Lipinski definition) is 0. The number of benzene rings is 2. The third-order valence-electron chi connectivity index (χ3n) is 3.85. The Morgan fingerprint density at radius 3 is 1.76 bits per heavy atom. The highest BCUT2D eigenvalue weighted by molar-refractivity contribution is 6.69. The molecule has 0 heterocycles. The summed E-state index contributed by atoms with van der Waals surface area (Å²) in [6, 6.07) is 21.5. The van der Waals surface area contributed by atoms with Crippen LogP contribution in [0.1, 0.15) is 29.9 Å². The molecule has 0 aliphatic rings. The van der Waals surface area contributed by atoms with Crippen LogP contribution < -0.4 is 0 Å². The van der Waals surface area contributed by atoms with Crippen LogP contribution in [0.25, 0.3) is 0 Å². The molecule has 0 saturated heterocycles. The molecule has 2 atom stereocenters. The largest absolute Gasteiger partial charge is 0.417 e. The van der Waals surface area contributed by atoms with Crippen molar-refractivity contribution in [2.24, 2.45) is 0 Å². The summed E-state index contributed by atoms with van der Waals surface area (Å²) in [5.74, 6) is 0.852. The summed E-state index contributed by atoms with van der Waals surface area (Å²) >= 11 is 0. The van der Waals surface area contributed by atoms with Crippen molar-refractivity contribution in [2.45, 2.75) is 38.4 Å². The molecule has 0 fully saturated rings. The van der Waals surface area contributed by atoms with Gasteiger partial charge in [0.2, 0.25) is 0 Å². The van der Waals surface area contributed by atoms with E-state index < -0.39 is 8.32 Å². The van der Waals surface area contributed by atoms with Crippen LogP contribution in [-0.2, 0) is 4.43 Å². The molecule has 2 unspecified atom stereocenters. The predicted octanol–water partition coefficient (Wildman–Crippen LogP) is 5.43. The Morgan fingerprint density at radius 1 is 0.810 bits per heavy atom. The van der Waals surface area contributed by atoms with Gasteiger partial charge in [0.15, 0.2) is 8.32 Å². The van der Waals surface area contributed by atoms with Gasteiger partial charge in [0.25, 0.3) is 0 Å². The molecule has 1 nitrogen and oxygen atoms in total. The van der Waals surface area contributed by atoms with Crippen molar-refractivity contribution in [1.29, 1.82) is 0 Å². The van der Waals surface area contributed by atoms with Gasteiger partial charge < -0.3 is 4.43 Å². The van der Waals surface area contributed by atoms with Crippen LogP contribution in [0.15, 0.2) is 60.7 Å². The zero-order chi connectivity index (χ0) is 15.3. The fourth-order valence-corrected chi connectivity index (χ4v) is 3.24. The van der Waals surface area contributed by atoms with Crippen LogP contribution in [0.5, 0.6) is 0 Å². The summed E-state index contributed by atoms with van der Waals surface area (Å²) < 4.78 is 6.23. The Kier molecular flexibility index (Phi) is 5.37. The monoisotopic (exact) mass is 298 g/mol. The molecule has 0 aliphatic carbocycles. The van der Waals surface area contributed by atoms with Gasteiger partial charge in [0.05, 0.1) is 0 Å². The van der Waals surface area contributed by atoms with Crippen LogP contribution in [-0.4, -0.2) is 14.9 Å². The van der Waals surface area contributed by atoms with Crippen molar-refractivity contribution in [1.82, 2.24) is 0 Å². The Bertz CT molecular complexity index is 530. The van der Waals surface area contributed by atoms with Crippen molar-refractivity contribution in [3.8, 4) is 0 Å². The molecule has 2 aromatic carbocycles. The van der Waals surface area contributed by atoms with E-state index in [9.17, 15) is 0 Å². The van der Waals surface area contributed by atoms with Gasteiger partial charge in [-0.05, 0) is 36.7 Å². The average Bonchev–Trinajstić information content (AvgIpc) is 2.48. The Balaban J connectivity index is 2.23. The molecule has 0 radical (unpaired) electrons. The summed E-state index contributed by atoms with van der Waals surface area (Å²) in [5, 5.41) is 0. The van der Waals surface area contributed by atoms with Crippen LogP contribution in [0.2, 0.25) is 19.6 Å². The SMILES string of the molecule is CC(c1ccccc1)C(CO[Si](C)(C)C)c1ccccc1. The summed E-state index contributed by atoms with van der Waals surface area (Å²) in [7, 11) is -1.50. The predicted molar refractivity (Wildman–Crippen MR) is 93.3 cm³/mol. The van der Waals surface area contributed by atoms with Gasteiger partial charge in [-0.3, -0.25) is 0 Å². The van der Waals surface area contributed by atoms with Gasteiger partial charge in [-0.2, -0.15) is 0 Å². The maximum Gasteiger partial charge on any atom is 0.183 e. The first-order valence-corrected chi connectivity index (χ1v) is 11.1. The van der Waals surface area contributed by atoms with Crippen molar-refractivity contribution < 1.29 is 4.43 Å². The van der Waals surface area contributed by atoms with E-state index in [1.54, 1.807) is 0 Å². The average molecular weight is 299 g/mol. The van der Waals surface area contributed by atoms with Crippen LogP contribution in [0.3, 0.4) is 0 Å². The van der Waals surface area contributed by atoms with E-state index in [4.69, 9.17) is 4.43 Å². The molecule has 112 valence electrons. The molecule has 0 bridgehead atoms. The number of hydrogen-bond acceptors (Lipinski definition) is 1. The zero-order valence-corrected chi connectivity index (χ0v) is 14.5. The number of rotatable bonds is 6. The highest BCUT2D eigenvalue weighted by atomic mass is 28.4. The molecule has 0 saturated carbocycles. The first kappa shape index (κ1) is 16.0. The molecule has 2 aromatic rings. The third kappa shape index (κ3) is 4.83. The van der Waals surface area contributed by atoms with Gasteiger partial charge in [-0.15, -0.1) is 0 Å². The van der Waals surface area contributed by atoms with E-state index in [1.165, 1.54) is 11.1 Å². The lowest BCUT2D eigenvalue weighted by molar-refractivity contribution is 0.267. The Hall–Kier alpha value is -1.38. The lowest BCUT2D eigenvalue weighted by Gasteiger charge is -2.28. The minimum absolute atomic E-state index is 0.403. The van der Waals surface area contributed by atoms with Crippen molar-refractivity contribution >= 4 is 8.32 Å². The van der Waals surface area contributed by atoms with E-state index in [1.807, 2.05) is 0 Å². The molecule has 21 heavy (non-hydrogen) atoms. The van der Waals surface area contributed by atoms with Crippen molar-refractivity contribution in [3.05, 3.63) is 71.8 Å². The maximum absolute atomic E-state index is 6.23. The standard InChI is InChI=1S/C19H26OSi/c1-16(17-11-7-5-8-12-17)19(15-20-21(2,3)4)18-13-9-6-10-14-18/h5-14,16,19H,15H2,1-4H3. The quantitative estimate of drug-likeness (QED) is 0.646. The van der Waals surface area contributed by atoms with Crippen LogP contribution in [0.4, 0.5) is 0 Å². The molecular formula is C19H26OSi. The zero-order valence-electron chi connectivity index (χ0n) is 13.5. The lowest BCUT2D eigenvalue weighted by atomic mass is 9.83. The first-order valence-electron chi connectivity index (χ1n) is 7.71. The summed E-state index contributed by atoms with van der Waals surface area (Å²) in [4.78, 5) is 0. The normalized spacial score (nSPS) is 14.7. The highest BCUT2D eigenvalue weighted by Gasteiger charge is 2.24. The van der Waals surface area contributed by atoms with Gasteiger partial charge >= 0.3 is 0 Å². The first-order chi connectivity index (χ1) is 9.97. The summed E-state index contributed by atoms with van der Waals surface area (Å²) in [6.07, 6.45) is 0. The third-order valence-corrected chi connectivity index (χ3v) is 4.89. The molecule has 0 aliphatic heterocycles. The van der Waals surface area contributed by atoms with E-state index in [2.05, 4.69) is 87.2 Å². The van der Waals surface area contributed by atoms with Crippen molar-refractivity contribution in [2.75, 3.05) is 6.61 Å². The van der Waals surface area contributed by atoms with Crippen molar-refractivity contribution in [3.63, 3.8) is 0 Å². The Labute approximate surface area is 130 Å². The smallest absolute Gasteiger partial charge is 0.183 e. The van der Waals surface area contributed by atoms with Crippen LogP contribution >= 0.6 is 0 Å². The van der Waals surface area contributed by atoms with Gasteiger partial charge in [-0.1, -0.05) is 67.6 Å².